The molecule has 1 N–H and O–H groups in total. The highest BCUT2D eigenvalue weighted by molar-refractivity contribution is 6.04. The zero-order valence-electron chi connectivity index (χ0n) is 16.9. The molecule has 2 aliphatic heterocycles. The van der Waals surface area contributed by atoms with Crippen molar-refractivity contribution in [2.75, 3.05) is 36.5 Å². The molecule has 0 atom stereocenters. The zero-order chi connectivity index (χ0) is 20.3. The molecule has 0 aliphatic carbocycles. The van der Waals surface area contributed by atoms with Gasteiger partial charge in [0, 0.05) is 32.1 Å². The minimum Gasteiger partial charge on any atom is -0.489 e. The number of hydrogen-bond donors (Lipinski definition) is 1. The molecule has 29 heavy (non-hydrogen) atoms. The number of rotatable bonds is 5. The largest absolute Gasteiger partial charge is 0.489 e. The summed E-state index contributed by atoms with van der Waals surface area (Å²) in [6, 6.07) is 11.1. The molecule has 7 nitrogen and oxygen atoms in total. The highest BCUT2D eigenvalue weighted by Gasteiger charge is 2.40. The number of amides is 1. The topological polar surface area (TPSA) is 72.9 Å². The molecule has 1 aromatic heterocycles. The highest BCUT2D eigenvalue weighted by atomic mass is 16.7. The predicted molar refractivity (Wildman–Crippen MR) is 110 cm³/mol. The van der Waals surface area contributed by atoms with E-state index in [-0.39, 0.29) is 12.0 Å². The van der Waals surface area contributed by atoms with Gasteiger partial charge in [0.2, 0.25) is 0 Å². The van der Waals surface area contributed by atoms with Crippen LogP contribution in [0.15, 0.2) is 42.6 Å². The summed E-state index contributed by atoms with van der Waals surface area (Å²) in [6.07, 6.45) is 3.29. The summed E-state index contributed by atoms with van der Waals surface area (Å²) in [6.45, 7) is 6.89. The minimum atomic E-state index is -0.401. The first-order valence-corrected chi connectivity index (χ1v) is 10.1. The van der Waals surface area contributed by atoms with Gasteiger partial charge in [0.05, 0.1) is 30.6 Å². The zero-order valence-corrected chi connectivity index (χ0v) is 16.9. The van der Waals surface area contributed by atoms with Crippen molar-refractivity contribution >= 4 is 17.4 Å². The maximum atomic E-state index is 12.7. The van der Waals surface area contributed by atoms with Crippen molar-refractivity contribution in [3.05, 3.63) is 48.2 Å². The Hall–Kier alpha value is -2.64. The molecular formula is C22H27N3O4. The van der Waals surface area contributed by atoms with E-state index in [1.54, 1.807) is 12.3 Å². The quantitative estimate of drug-likeness (QED) is 0.833. The second-order valence-electron chi connectivity index (χ2n) is 7.62. The minimum absolute atomic E-state index is 0.0257. The Balaban J connectivity index is 1.39. The Bertz CT molecular complexity index is 837. The number of aromatic nitrogens is 1. The van der Waals surface area contributed by atoms with E-state index in [2.05, 4.69) is 15.2 Å². The number of pyridine rings is 1. The van der Waals surface area contributed by atoms with Gasteiger partial charge in [-0.1, -0.05) is 12.1 Å². The molecule has 4 rings (SSSR count). The number of hydrogen-bond acceptors (Lipinski definition) is 6. The Kier molecular flexibility index (Phi) is 5.69. The summed E-state index contributed by atoms with van der Waals surface area (Å²) in [5, 5.41) is 2.91. The summed E-state index contributed by atoms with van der Waals surface area (Å²) in [5.74, 6) is 0.896. The van der Waals surface area contributed by atoms with E-state index in [1.165, 1.54) is 0 Å². The third-order valence-corrected chi connectivity index (χ3v) is 5.17. The summed E-state index contributed by atoms with van der Waals surface area (Å²) in [7, 11) is 0. The SMILES string of the molecule is CC(C)Oc1ccccc1NC(=O)c1ccc(N2CCC3(CC2)OCCO3)nc1. The Morgan fingerprint density at radius 2 is 1.86 bits per heavy atom. The standard InChI is InChI=1S/C22H27N3O4/c1-16(2)29-19-6-4-3-5-18(19)24-21(26)17-7-8-20(23-15-17)25-11-9-22(10-12-25)27-13-14-28-22/h3-8,15-16H,9-14H2,1-2H3,(H,24,26). The first kappa shape index (κ1) is 19.7. The molecule has 0 saturated carbocycles. The monoisotopic (exact) mass is 397 g/mol. The number of carbonyl (C=O) groups excluding carboxylic acids is 1. The number of nitrogens with zero attached hydrogens (tertiary/aromatic N) is 2. The lowest BCUT2D eigenvalue weighted by molar-refractivity contribution is -0.169. The van der Waals surface area contributed by atoms with Crippen LogP contribution in [0.25, 0.3) is 0 Å². The number of nitrogens with one attached hydrogen (secondary N) is 1. The molecule has 0 radical (unpaired) electrons. The molecule has 2 aliphatic rings. The van der Waals surface area contributed by atoms with Crippen molar-refractivity contribution in [3.63, 3.8) is 0 Å². The fraction of sp³-hybridized carbons (Fsp3) is 0.455. The molecule has 0 bridgehead atoms. The van der Waals surface area contributed by atoms with Crippen LogP contribution in [0.4, 0.5) is 11.5 Å². The normalized spacial score (nSPS) is 18.2. The predicted octanol–water partition coefficient (Wildman–Crippen LogP) is 3.46. The van der Waals surface area contributed by atoms with Crippen LogP contribution >= 0.6 is 0 Å². The molecule has 1 aromatic carbocycles. The maximum Gasteiger partial charge on any atom is 0.257 e. The van der Waals surface area contributed by atoms with Crippen molar-refractivity contribution in [3.8, 4) is 5.75 Å². The van der Waals surface area contributed by atoms with Gasteiger partial charge < -0.3 is 24.4 Å². The van der Waals surface area contributed by atoms with Crippen molar-refractivity contribution in [1.82, 2.24) is 4.98 Å². The molecule has 7 heteroatoms. The molecule has 2 saturated heterocycles. The van der Waals surface area contributed by atoms with Crippen LogP contribution in [0.2, 0.25) is 0 Å². The first-order chi connectivity index (χ1) is 14.0. The number of anilines is 2. The number of carbonyl (C=O) groups is 1. The van der Waals surface area contributed by atoms with Crippen LogP contribution in [0, 0.1) is 0 Å². The van der Waals surface area contributed by atoms with Crippen molar-refractivity contribution in [1.29, 1.82) is 0 Å². The van der Waals surface area contributed by atoms with E-state index < -0.39 is 5.79 Å². The maximum absolute atomic E-state index is 12.7. The van der Waals surface area contributed by atoms with Crippen molar-refractivity contribution in [2.24, 2.45) is 0 Å². The molecule has 154 valence electrons. The number of para-hydroxylation sites is 2. The molecule has 0 unspecified atom stereocenters. The van der Waals surface area contributed by atoms with E-state index in [4.69, 9.17) is 14.2 Å². The third-order valence-electron chi connectivity index (χ3n) is 5.17. The summed E-state index contributed by atoms with van der Waals surface area (Å²) >= 11 is 0. The molecule has 1 amide bonds. The Morgan fingerprint density at radius 3 is 2.52 bits per heavy atom. The fourth-order valence-electron chi connectivity index (χ4n) is 3.69. The highest BCUT2D eigenvalue weighted by Crippen LogP contribution is 2.32. The van der Waals surface area contributed by atoms with E-state index in [1.807, 2.05) is 44.2 Å². The number of benzene rings is 1. The van der Waals surface area contributed by atoms with Gasteiger partial charge in [-0.25, -0.2) is 4.98 Å². The van der Waals surface area contributed by atoms with Crippen LogP contribution in [0.1, 0.15) is 37.0 Å². The lowest BCUT2D eigenvalue weighted by atomic mass is 10.0. The van der Waals surface area contributed by atoms with Gasteiger partial charge in [-0.05, 0) is 38.1 Å². The van der Waals surface area contributed by atoms with E-state index in [0.717, 1.165) is 31.7 Å². The van der Waals surface area contributed by atoms with Gasteiger partial charge in [-0.15, -0.1) is 0 Å². The molecule has 2 aromatic rings. The van der Waals surface area contributed by atoms with Crippen LogP contribution in [0.5, 0.6) is 5.75 Å². The van der Waals surface area contributed by atoms with Gasteiger partial charge in [0.15, 0.2) is 5.79 Å². The molecule has 3 heterocycles. The summed E-state index contributed by atoms with van der Waals surface area (Å²) in [4.78, 5) is 19.4. The van der Waals surface area contributed by atoms with Gasteiger partial charge in [-0.2, -0.15) is 0 Å². The Labute approximate surface area is 171 Å². The Morgan fingerprint density at radius 1 is 1.14 bits per heavy atom. The average Bonchev–Trinajstić information content (AvgIpc) is 3.18. The number of ether oxygens (including phenoxy) is 3. The lowest BCUT2D eigenvalue weighted by Crippen LogP contribution is -2.45. The van der Waals surface area contributed by atoms with E-state index >= 15 is 0 Å². The van der Waals surface area contributed by atoms with E-state index in [0.29, 0.717) is 30.2 Å². The van der Waals surface area contributed by atoms with Crippen LogP contribution in [-0.2, 0) is 9.47 Å². The van der Waals surface area contributed by atoms with Crippen LogP contribution in [0.3, 0.4) is 0 Å². The molecule has 1 spiro atoms. The second-order valence-corrected chi connectivity index (χ2v) is 7.62. The lowest BCUT2D eigenvalue weighted by Gasteiger charge is -2.38. The van der Waals surface area contributed by atoms with Gasteiger partial charge in [0.1, 0.15) is 11.6 Å². The smallest absolute Gasteiger partial charge is 0.257 e. The van der Waals surface area contributed by atoms with Crippen LogP contribution < -0.4 is 15.0 Å². The third kappa shape index (κ3) is 4.52. The molecular weight excluding hydrogens is 370 g/mol. The number of piperidine rings is 1. The fourth-order valence-corrected chi connectivity index (χ4v) is 3.69. The van der Waals surface area contributed by atoms with Crippen molar-refractivity contribution in [2.45, 2.75) is 38.6 Å². The average molecular weight is 397 g/mol. The summed E-state index contributed by atoms with van der Waals surface area (Å²) in [5.41, 5.74) is 1.15. The van der Waals surface area contributed by atoms with Gasteiger partial charge >= 0.3 is 0 Å². The first-order valence-electron chi connectivity index (χ1n) is 10.1. The van der Waals surface area contributed by atoms with Gasteiger partial charge in [0.25, 0.3) is 5.91 Å². The van der Waals surface area contributed by atoms with Crippen molar-refractivity contribution < 1.29 is 19.0 Å². The molecule has 2 fully saturated rings. The second kappa shape index (κ2) is 8.39. The van der Waals surface area contributed by atoms with E-state index in [9.17, 15) is 4.79 Å². The van der Waals surface area contributed by atoms with Gasteiger partial charge in [-0.3, -0.25) is 4.79 Å². The summed E-state index contributed by atoms with van der Waals surface area (Å²) < 4.78 is 17.3. The van der Waals surface area contributed by atoms with Crippen LogP contribution in [-0.4, -0.2) is 49.1 Å².